The van der Waals surface area contributed by atoms with Gasteiger partial charge in [0, 0.05) is 11.3 Å². The Kier molecular flexibility index (Phi) is 7.97. The molecule has 1 heterocycles. The van der Waals surface area contributed by atoms with Gasteiger partial charge < -0.3 is 14.6 Å². The number of anilines is 1. The minimum atomic E-state index is -0.778. The molecule has 0 radical (unpaired) electrons. The summed E-state index contributed by atoms with van der Waals surface area (Å²) in [7, 11) is 0. The number of rotatable bonds is 9. The number of ketones is 1. The largest absolute Gasteiger partial charge is 0.507 e. The molecular weight excluding hydrogens is 466 g/mol. The van der Waals surface area contributed by atoms with E-state index in [1.54, 1.807) is 48.5 Å². The summed E-state index contributed by atoms with van der Waals surface area (Å²) in [6.45, 7) is 9.26. The van der Waals surface area contributed by atoms with Crippen LogP contribution in [0.3, 0.4) is 0 Å². The van der Waals surface area contributed by atoms with Crippen LogP contribution in [0.25, 0.3) is 5.76 Å². The van der Waals surface area contributed by atoms with Gasteiger partial charge in [-0.15, -0.1) is 0 Å². The highest BCUT2D eigenvalue weighted by molar-refractivity contribution is 6.51. The molecule has 4 rings (SSSR count). The van der Waals surface area contributed by atoms with Crippen molar-refractivity contribution in [1.29, 1.82) is 0 Å². The molecule has 192 valence electrons. The fourth-order valence-corrected chi connectivity index (χ4v) is 4.34. The number of Topliss-reactive ketones (excluding diaryl/α,β-unsaturated/α-hetero) is 1. The zero-order chi connectivity index (χ0) is 26.5. The number of aryl methyl sites for hydroxylation is 1. The minimum absolute atomic E-state index is 0.0571. The van der Waals surface area contributed by atoms with Gasteiger partial charge in [-0.05, 0) is 78.9 Å². The van der Waals surface area contributed by atoms with Crippen LogP contribution in [-0.4, -0.2) is 30.0 Å². The quantitative estimate of drug-likeness (QED) is 0.208. The number of amides is 1. The summed E-state index contributed by atoms with van der Waals surface area (Å²) in [6, 6.07) is 20.8. The molecule has 3 aromatic carbocycles. The number of carbonyl (C=O) groups is 2. The highest BCUT2D eigenvalue weighted by Crippen LogP contribution is 2.43. The van der Waals surface area contributed by atoms with E-state index in [4.69, 9.17) is 9.47 Å². The monoisotopic (exact) mass is 499 g/mol. The lowest BCUT2D eigenvalue weighted by Gasteiger charge is -2.27. The third-order valence-electron chi connectivity index (χ3n) is 6.23. The van der Waals surface area contributed by atoms with Crippen LogP contribution in [0.1, 0.15) is 49.9 Å². The van der Waals surface area contributed by atoms with E-state index in [9.17, 15) is 14.7 Å². The van der Waals surface area contributed by atoms with Crippen LogP contribution in [0, 0.1) is 12.8 Å². The first kappa shape index (κ1) is 26.0. The van der Waals surface area contributed by atoms with Gasteiger partial charge in [0.25, 0.3) is 11.7 Å². The lowest BCUT2D eigenvalue weighted by atomic mass is 9.92. The topological polar surface area (TPSA) is 76.1 Å². The van der Waals surface area contributed by atoms with Crippen molar-refractivity contribution in [2.75, 3.05) is 18.1 Å². The summed E-state index contributed by atoms with van der Waals surface area (Å²) < 4.78 is 11.4. The molecule has 0 bridgehead atoms. The van der Waals surface area contributed by atoms with Gasteiger partial charge in [0.1, 0.15) is 17.3 Å². The van der Waals surface area contributed by atoms with Gasteiger partial charge in [0.05, 0.1) is 24.8 Å². The molecule has 1 unspecified atom stereocenters. The van der Waals surface area contributed by atoms with Crippen molar-refractivity contribution in [3.8, 4) is 11.5 Å². The molecule has 1 saturated heterocycles. The van der Waals surface area contributed by atoms with Crippen molar-refractivity contribution >= 4 is 23.1 Å². The number of hydrogen-bond donors (Lipinski definition) is 1. The molecule has 0 saturated carbocycles. The fraction of sp³-hybridized carbons (Fsp3) is 0.290. The summed E-state index contributed by atoms with van der Waals surface area (Å²) in [5, 5.41) is 11.3. The Balaban J connectivity index is 1.78. The van der Waals surface area contributed by atoms with Gasteiger partial charge in [0.15, 0.2) is 0 Å². The summed E-state index contributed by atoms with van der Waals surface area (Å²) in [6.07, 6.45) is 0.881. The molecule has 1 fully saturated rings. The third-order valence-corrected chi connectivity index (χ3v) is 6.23. The smallest absolute Gasteiger partial charge is 0.300 e. The first-order valence-corrected chi connectivity index (χ1v) is 12.6. The first-order chi connectivity index (χ1) is 17.8. The summed E-state index contributed by atoms with van der Waals surface area (Å²) in [5.74, 6) is 0.116. The molecule has 6 heteroatoms. The number of benzene rings is 3. The molecule has 1 amide bonds. The SMILES string of the molecule is CCCOc1ccc(/C(O)=C2/C(=O)C(=O)N(c3ccc(OCC(C)C)cc3)C2c2ccccc2C)cc1. The van der Waals surface area contributed by atoms with Gasteiger partial charge in [-0.3, -0.25) is 14.5 Å². The van der Waals surface area contributed by atoms with E-state index in [0.29, 0.717) is 41.9 Å². The zero-order valence-electron chi connectivity index (χ0n) is 21.7. The van der Waals surface area contributed by atoms with Gasteiger partial charge in [-0.2, -0.15) is 0 Å². The van der Waals surface area contributed by atoms with E-state index in [0.717, 1.165) is 17.5 Å². The highest BCUT2D eigenvalue weighted by Gasteiger charge is 2.47. The second kappa shape index (κ2) is 11.3. The van der Waals surface area contributed by atoms with E-state index < -0.39 is 17.7 Å². The predicted molar refractivity (Wildman–Crippen MR) is 145 cm³/mol. The zero-order valence-corrected chi connectivity index (χ0v) is 21.7. The number of hydrogen-bond acceptors (Lipinski definition) is 5. The van der Waals surface area contributed by atoms with Crippen LogP contribution in [0.15, 0.2) is 78.4 Å². The molecule has 0 aromatic heterocycles. The molecule has 3 aromatic rings. The Morgan fingerprint density at radius 3 is 2.16 bits per heavy atom. The van der Waals surface area contributed by atoms with Crippen LogP contribution >= 0.6 is 0 Å². The number of aliphatic hydroxyl groups is 1. The van der Waals surface area contributed by atoms with Gasteiger partial charge in [-0.1, -0.05) is 45.0 Å². The lowest BCUT2D eigenvalue weighted by Crippen LogP contribution is -2.29. The Morgan fingerprint density at radius 2 is 1.54 bits per heavy atom. The maximum absolute atomic E-state index is 13.4. The van der Waals surface area contributed by atoms with E-state index >= 15 is 0 Å². The van der Waals surface area contributed by atoms with Crippen molar-refractivity contribution in [2.24, 2.45) is 5.92 Å². The summed E-state index contributed by atoms with van der Waals surface area (Å²) in [4.78, 5) is 28.3. The van der Waals surface area contributed by atoms with E-state index in [1.807, 2.05) is 38.1 Å². The van der Waals surface area contributed by atoms with Crippen molar-refractivity contribution in [1.82, 2.24) is 0 Å². The molecule has 0 aliphatic carbocycles. The summed E-state index contributed by atoms with van der Waals surface area (Å²) in [5.41, 5.74) is 2.73. The Labute approximate surface area is 218 Å². The van der Waals surface area contributed by atoms with Crippen LogP contribution in [0.2, 0.25) is 0 Å². The molecule has 6 nitrogen and oxygen atoms in total. The lowest BCUT2D eigenvalue weighted by molar-refractivity contribution is -0.132. The van der Waals surface area contributed by atoms with Crippen LogP contribution in [0.5, 0.6) is 11.5 Å². The predicted octanol–water partition coefficient (Wildman–Crippen LogP) is 6.44. The van der Waals surface area contributed by atoms with E-state index in [-0.39, 0.29) is 11.3 Å². The molecule has 1 N–H and O–H groups in total. The van der Waals surface area contributed by atoms with Crippen molar-refractivity contribution in [2.45, 2.75) is 40.2 Å². The maximum Gasteiger partial charge on any atom is 0.300 e. The Bertz CT molecular complexity index is 1290. The average Bonchev–Trinajstić information content (AvgIpc) is 3.16. The molecule has 1 atom stereocenters. The number of nitrogens with zero attached hydrogens (tertiary/aromatic N) is 1. The number of ether oxygens (including phenoxy) is 2. The number of carbonyl (C=O) groups excluding carboxylic acids is 2. The average molecular weight is 500 g/mol. The molecule has 37 heavy (non-hydrogen) atoms. The normalized spacial score (nSPS) is 16.9. The van der Waals surface area contributed by atoms with E-state index in [2.05, 4.69) is 13.8 Å². The first-order valence-electron chi connectivity index (χ1n) is 12.6. The molecule has 0 spiro atoms. The van der Waals surface area contributed by atoms with Crippen molar-refractivity contribution in [3.63, 3.8) is 0 Å². The maximum atomic E-state index is 13.4. The second-order valence-corrected chi connectivity index (χ2v) is 9.60. The summed E-state index contributed by atoms with van der Waals surface area (Å²) >= 11 is 0. The van der Waals surface area contributed by atoms with Crippen LogP contribution < -0.4 is 14.4 Å². The number of aliphatic hydroxyl groups excluding tert-OH is 1. The Hall–Kier alpha value is -4.06. The second-order valence-electron chi connectivity index (χ2n) is 9.60. The molecular formula is C31H33NO5. The Morgan fingerprint density at radius 1 is 0.919 bits per heavy atom. The minimum Gasteiger partial charge on any atom is -0.507 e. The standard InChI is InChI=1S/C31H33NO5/c1-5-18-36-24-14-10-22(11-15-24)29(33)27-28(26-9-7-6-8-21(26)4)32(31(35)30(27)34)23-12-16-25(17-13-23)37-19-20(2)3/h6-17,20,28,33H,5,18-19H2,1-4H3/b29-27-. The van der Waals surface area contributed by atoms with Crippen molar-refractivity contribution in [3.05, 3.63) is 95.1 Å². The molecule has 1 aliphatic heterocycles. The van der Waals surface area contributed by atoms with Gasteiger partial charge in [0.2, 0.25) is 0 Å². The fourth-order valence-electron chi connectivity index (χ4n) is 4.34. The molecule has 1 aliphatic rings. The van der Waals surface area contributed by atoms with Gasteiger partial charge >= 0.3 is 0 Å². The van der Waals surface area contributed by atoms with Gasteiger partial charge in [-0.25, -0.2) is 0 Å². The van der Waals surface area contributed by atoms with E-state index in [1.165, 1.54) is 4.90 Å². The van der Waals surface area contributed by atoms with Crippen LogP contribution in [-0.2, 0) is 9.59 Å². The highest BCUT2D eigenvalue weighted by atomic mass is 16.5. The third kappa shape index (κ3) is 5.53. The van der Waals surface area contributed by atoms with Crippen LogP contribution in [0.4, 0.5) is 5.69 Å². The van der Waals surface area contributed by atoms with Crippen molar-refractivity contribution < 1.29 is 24.2 Å².